The summed E-state index contributed by atoms with van der Waals surface area (Å²) in [7, 11) is 0. The van der Waals surface area contributed by atoms with E-state index in [0.29, 0.717) is 0 Å². The van der Waals surface area contributed by atoms with E-state index in [1.54, 1.807) is 0 Å². The topological polar surface area (TPSA) is 26.3 Å². The van der Waals surface area contributed by atoms with Crippen LogP contribution in [-0.2, 0) is 0 Å². The summed E-state index contributed by atoms with van der Waals surface area (Å²) in [5, 5.41) is 23.8. The Bertz CT molecular complexity index is 6980. The van der Waals surface area contributed by atoms with E-state index in [1.165, 1.54) is 131 Å². The van der Waals surface area contributed by atoms with Gasteiger partial charge in [-0.2, -0.15) is 0 Å². The third-order valence-electron chi connectivity index (χ3n) is 22.0. The first kappa shape index (κ1) is 55.0. The fourth-order valence-electron chi connectivity index (χ4n) is 17.8. The summed E-state index contributed by atoms with van der Waals surface area (Å²) < 4.78 is 14.2. The molecule has 0 saturated heterocycles. The maximum atomic E-state index is 7.38. The molecule has 21 aromatic rings. The number of para-hydroxylation sites is 3. The molecule has 1 aliphatic rings. The van der Waals surface area contributed by atoms with Crippen molar-refractivity contribution in [1.82, 2.24) is 0 Å². The van der Waals surface area contributed by atoms with Crippen LogP contribution in [-0.4, -0.2) is 0 Å². The van der Waals surface area contributed by atoms with Crippen molar-refractivity contribution in [2.75, 3.05) is 0 Å². The molecule has 0 bridgehead atoms. The van der Waals surface area contributed by atoms with Crippen LogP contribution in [0, 0.1) is 0 Å². The summed E-state index contributed by atoms with van der Waals surface area (Å²) in [6.07, 6.45) is 0. The van der Waals surface area contributed by atoms with Crippen molar-refractivity contribution in [2.24, 2.45) is 0 Å². The fraction of sp³-hybridized carbons (Fsp3) is 0. The highest BCUT2D eigenvalue weighted by Gasteiger charge is 2.29. The van der Waals surface area contributed by atoms with Gasteiger partial charge in [-0.15, -0.1) is 0 Å². The van der Waals surface area contributed by atoms with Gasteiger partial charge in [-0.25, -0.2) is 0 Å². The highest BCUT2D eigenvalue weighted by molar-refractivity contribution is 6.31. The van der Waals surface area contributed by atoms with Gasteiger partial charge in [0.25, 0.3) is 0 Å². The van der Waals surface area contributed by atoms with E-state index in [0.717, 1.165) is 99.2 Å². The molecule has 0 spiro atoms. The molecule has 1 aliphatic carbocycles. The van der Waals surface area contributed by atoms with Gasteiger partial charge in [-0.1, -0.05) is 309 Å². The first-order valence-corrected chi connectivity index (χ1v) is 34.6. The van der Waals surface area contributed by atoms with Crippen molar-refractivity contribution in [3.8, 4) is 100 Å². The Morgan fingerprint density at radius 1 is 0.140 bits per heavy atom. The average Bonchev–Trinajstić information content (AvgIpc) is 1.22. The van der Waals surface area contributed by atoms with E-state index in [2.05, 4.69) is 340 Å². The van der Waals surface area contributed by atoms with Gasteiger partial charge in [-0.05, 0) is 200 Å². The normalized spacial score (nSPS) is 12.2. The molecule has 0 N–H and O–H groups in total. The van der Waals surface area contributed by atoms with E-state index in [4.69, 9.17) is 8.83 Å². The van der Waals surface area contributed by atoms with Gasteiger partial charge in [-0.3, -0.25) is 0 Å². The summed E-state index contributed by atoms with van der Waals surface area (Å²) in [6, 6.07) is 126. The van der Waals surface area contributed by atoms with Crippen LogP contribution in [0.1, 0.15) is 0 Å². The predicted octanol–water partition coefficient (Wildman–Crippen LogP) is 28.0. The molecule has 2 aromatic heterocycles. The van der Waals surface area contributed by atoms with Crippen molar-refractivity contribution >= 4 is 130 Å². The zero-order valence-corrected chi connectivity index (χ0v) is 54.1. The lowest BCUT2D eigenvalue weighted by molar-refractivity contribution is 0.669. The van der Waals surface area contributed by atoms with Crippen molar-refractivity contribution in [3.63, 3.8) is 0 Å². The van der Waals surface area contributed by atoms with Crippen LogP contribution in [0.3, 0.4) is 0 Å². The average molecular weight is 1270 g/mol. The number of fused-ring (bicyclic) bond motifs is 19. The van der Waals surface area contributed by atoms with Gasteiger partial charge < -0.3 is 8.83 Å². The Kier molecular flexibility index (Phi) is 11.7. The van der Waals surface area contributed by atoms with Gasteiger partial charge in [0.1, 0.15) is 22.3 Å². The maximum absolute atomic E-state index is 7.38. The third kappa shape index (κ3) is 7.79. The van der Waals surface area contributed by atoms with Gasteiger partial charge in [0.05, 0.1) is 0 Å². The summed E-state index contributed by atoms with van der Waals surface area (Å²) in [5.41, 5.74) is 24.8. The minimum Gasteiger partial charge on any atom is -0.455 e. The Balaban J connectivity index is 0.781. The molecule has 22 rings (SSSR count). The lowest BCUT2D eigenvalue weighted by Crippen LogP contribution is -1.95. The van der Waals surface area contributed by atoms with E-state index >= 15 is 0 Å². The Hall–Kier alpha value is -13.1. The minimum atomic E-state index is 0.848. The van der Waals surface area contributed by atoms with Gasteiger partial charge in [0, 0.05) is 38.2 Å². The Morgan fingerprint density at radius 2 is 0.470 bits per heavy atom. The standard InChI is InChI=1S/C98H56O2/c1-2-25-62-60(23-1)61-24-3-6-29-66(61)88-56-58(47-49-68(62)88)87-55-57(48-50-82(87)93-75-34-11-15-38-79(75)95(80-39-16-12-35-76(80)93)86-44-22-43-83-69-30-17-19-45-89(69)99-97(83)86)59-51-54-85(96-84-40-18-20-46-90(84)100-98(59)96)94-77-36-13-9-32-73(77)92(74-33-10-14-37-78(74)94)70-31-8-7-28-65(70)67-52-53-81-64-27-5-4-26-63(64)71-41-21-42-72(67)91(71)81/h1-56H. The maximum Gasteiger partial charge on any atom is 0.143 e. The van der Waals surface area contributed by atoms with Crippen LogP contribution in [0.25, 0.3) is 230 Å². The molecule has 0 atom stereocenters. The highest BCUT2D eigenvalue weighted by Crippen LogP contribution is 2.55. The van der Waals surface area contributed by atoms with Crippen molar-refractivity contribution in [2.45, 2.75) is 0 Å². The molecule has 2 nitrogen and oxygen atoms in total. The molecular formula is C98H56O2. The molecule has 0 fully saturated rings. The van der Waals surface area contributed by atoms with E-state index in [9.17, 15) is 0 Å². The molecule has 0 unspecified atom stereocenters. The fourth-order valence-corrected chi connectivity index (χ4v) is 17.8. The SMILES string of the molecule is c1ccc(-c2ccc3c4c(cccc24)-c2ccccc2-3)c(-c2c3ccccc3c(-c3ccc(-c4ccc(-c5c6ccccc6c(-c6cccc7c6oc6ccccc67)c6ccccc56)c(-c5ccc6c7ccccc7c7ccccc7c6c5)c4)c4oc5ccccc5c34)c3ccccc23)c1. The summed E-state index contributed by atoms with van der Waals surface area (Å²) in [5.74, 6) is 0. The smallest absolute Gasteiger partial charge is 0.143 e. The Morgan fingerprint density at radius 3 is 1.05 bits per heavy atom. The van der Waals surface area contributed by atoms with Crippen molar-refractivity contribution in [3.05, 3.63) is 340 Å². The van der Waals surface area contributed by atoms with Crippen LogP contribution in [0.2, 0.25) is 0 Å². The lowest BCUT2D eigenvalue weighted by atomic mass is 9.81. The molecule has 19 aromatic carbocycles. The first-order chi connectivity index (χ1) is 49.7. The van der Waals surface area contributed by atoms with Crippen LogP contribution in [0.4, 0.5) is 0 Å². The van der Waals surface area contributed by atoms with Crippen LogP contribution < -0.4 is 0 Å². The quantitative estimate of drug-likeness (QED) is 0.117. The molecule has 100 heavy (non-hydrogen) atoms. The van der Waals surface area contributed by atoms with E-state index < -0.39 is 0 Å². The second-order valence-electron chi connectivity index (χ2n) is 27.0. The molecule has 2 heterocycles. The number of furan rings is 2. The van der Waals surface area contributed by atoms with Gasteiger partial charge >= 0.3 is 0 Å². The second-order valence-corrected chi connectivity index (χ2v) is 27.0. The summed E-state index contributed by atoms with van der Waals surface area (Å²) in [6.45, 7) is 0. The number of hydrogen-bond donors (Lipinski definition) is 0. The second kappa shape index (κ2) is 21.2. The molecule has 460 valence electrons. The molecule has 0 amide bonds. The zero-order valence-electron chi connectivity index (χ0n) is 54.1. The summed E-state index contributed by atoms with van der Waals surface area (Å²) >= 11 is 0. The van der Waals surface area contributed by atoms with Gasteiger partial charge in [0.15, 0.2) is 0 Å². The summed E-state index contributed by atoms with van der Waals surface area (Å²) in [4.78, 5) is 0. The van der Waals surface area contributed by atoms with Crippen molar-refractivity contribution < 1.29 is 8.83 Å². The predicted molar refractivity (Wildman–Crippen MR) is 424 cm³/mol. The zero-order chi connectivity index (χ0) is 65.3. The number of hydrogen-bond acceptors (Lipinski definition) is 2. The Labute approximate surface area is 575 Å². The minimum absolute atomic E-state index is 0.848. The van der Waals surface area contributed by atoms with E-state index in [-0.39, 0.29) is 0 Å². The van der Waals surface area contributed by atoms with E-state index in [1.807, 2.05) is 0 Å². The lowest BCUT2D eigenvalue weighted by Gasteiger charge is -2.21. The third-order valence-corrected chi connectivity index (χ3v) is 22.0. The molecular weight excluding hydrogens is 1210 g/mol. The van der Waals surface area contributed by atoms with Crippen molar-refractivity contribution in [1.29, 1.82) is 0 Å². The molecule has 2 heteroatoms. The monoisotopic (exact) mass is 1260 g/mol. The molecule has 0 saturated carbocycles. The van der Waals surface area contributed by atoms with Crippen LogP contribution in [0.5, 0.6) is 0 Å². The van der Waals surface area contributed by atoms with Gasteiger partial charge in [0.2, 0.25) is 0 Å². The van der Waals surface area contributed by atoms with Crippen LogP contribution >= 0.6 is 0 Å². The molecule has 0 radical (unpaired) electrons. The number of benzene rings is 19. The largest absolute Gasteiger partial charge is 0.455 e. The van der Waals surface area contributed by atoms with Crippen LogP contribution in [0.15, 0.2) is 349 Å². The number of rotatable bonds is 7. The molecule has 0 aliphatic heterocycles. The first-order valence-electron chi connectivity index (χ1n) is 34.6. The highest BCUT2D eigenvalue weighted by atomic mass is 16.3.